The minimum atomic E-state index is 0.328. The molecule has 0 amide bonds. The quantitative estimate of drug-likeness (QED) is 0.677. The Morgan fingerprint density at radius 1 is 1.42 bits per heavy atom. The molecule has 1 fully saturated rings. The summed E-state index contributed by atoms with van der Waals surface area (Å²) in [6.07, 6.45) is 0. The third kappa shape index (κ3) is 1.99. The smallest absolute Gasteiger partial charge is 0.0267 e. The molecule has 0 aromatic heterocycles. The summed E-state index contributed by atoms with van der Waals surface area (Å²) in [5.74, 6) is 0.876. The van der Waals surface area contributed by atoms with Crippen molar-refractivity contribution in [1.82, 2.24) is 4.90 Å². The molecule has 0 bridgehead atoms. The fraction of sp³-hybridized carbons (Fsp3) is 1.00. The maximum absolute atomic E-state index is 5.77. The van der Waals surface area contributed by atoms with E-state index in [1.165, 1.54) is 13.1 Å². The molecule has 0 saturated carbocycles. The van der Waals surface area contributed by atoms with Crippen molar-refractivity contribution in [2.75, 3.05) is 19.6 Å². The summed E-state index contributed by atoms with van der Waals surface area (Å²) >= 11 is 0. The molecule has 0 spiro atoms. The summed E-state index contributed by atoms with van der Waals surface area (Å²) in [5.41, 5.74) is 6.10. The Balaban J connectivity index is 2.47. The van der Waals surface area contributed by atoms with E-state index in [1.54, 1.807) is 0 Å². The van der Waals surface area contributed by atoms with Crippen LogP contribution in [0, 0.1) is 11.3 Å². The normalized spacial score (nSPS) is 23.8. The predicted molar refractivity (Wildman–Crippen MR) is 53.0 cm³/mol. The van der Waals surface area contributed by atoms with Gasteiger partial charge >= 0.3 is 0 Å². The highest BCUT2D eigenvalue weighted by atomic mass is 15.2. The molecule has 2 N–H and O–H groups in total. The number of likely N-dealkylation sites (tertiary alicyclic amines) is 1. The second kappa shape index (κ2) is 3.35. The lowest BCUT2D eigenvalue weighted by atomic mass is 9.83. The first kappa shape index (κ1) is 10.0. The molecule has 0 aromatic rings. The fourth-order valence-electron chi connectivity index (χ4n) is 2.05. The first-order chi connectivity index (χ1) is 5.45. The van der Waals surface area contributed by atoms with Gasteiger partial charge in [0.05, 0.1) is 0 Å². The molecule has 1 atom stereocenters. The molecule has 12 heavy (non-hydrogen) atoms. The lowest BCUT2D eigenvalue weighted by Crippen LogP contribution is -2.58. The van der Waals surface area contributed by atoms with Crippen LogP contribution in [0.2, 0.25) is 0 Å². The summed E-state index contributed by atoms with van der Waals surface area (Å²) < 4.78 is 0. The van der Waals surface area contributed by atoms with E-state index in [9.17, 15) is 0 Å². The molecule has 72 valence electrons. The zero-order valence-electron chi connectivity index (χ0n) is 8.80. The van der Waals surface area contributed by atoms with E-state index < -0.39 is 0 Å². The molecule has 1 heterocycles. The first-order valence-corrected chi connectivity index (χ1v) is 4.89. The lowest BCUT2D eigenvalue weighted by Gasteiger charge is -2.47. The minimum absolute atomic E-state index is 0.328. The van der Waals surface area contributed by atoms with Gasteiger partial charge in [0, 0.05) is 25.7 Å². The minimum Gasteiger partial charge on any atom is -0.329 e. The van der Waals surface area contributed by atoms with Gasteiger partial charge in [-0.1, -0.05) is 27.7 Å². The largest absolute Gasteiger partial charge is 0.329 e. The molecule has 1 rings (SSSR count). The van der Waals surface area contributed by atoms with E-state index in [4.69, 9.17) is 5.73 Å². The van der Waals surface area contributed by atoms with Crippen LogP contribution in [-0.2, 0) is 0 Å². The Bertz CT molecular complexity index is 142. The van der Waals surface area contributed by atoms with Crippen LogP contribution in [0.25, 0.3) is 0 Å². The maximum atomic E-state index is 5.77. The van der Waals surface area contributed by atoms with Crippen molar-refractivity contribution >= 4 is 0 Å². The maximum Gasteiger partial charge on any atom is 0.0267 e. The van der Waals surface area contributed by atoms with Crippen LogP contribution < -0.4 is 5.73 Å². The third-order valence-corrected chi connectivity index (χ3v) is 2.76. The summed E-state index contributed by atoms with van der Waals surface area (Å²) in [5, 5.41) is 0. The van der Waals surface area contributed by atoms with Gasteiger partial charge in [-0.2, -0.15) is 0 Å². The highest BCUT2D eigenvalue weighted by Crippen LogP contribution is 2.28. The fourth-order valence-corrected chi connectivity index (χ4v) is 2.05. The number of hydrogen-bond acceptors (Lipinski definition) is 2. The van der Waals surface area contributed by atoms with Gasteiger partial charge < -0.3 is 5.73 Å². The predicted octanol–water partition coefficient (Wildman–Crippen LogP) is 1.31. The Labute approximate surface area is 76.1 Å². The van der Waals surface area contributed by atoms with Gasteiger partial charge in [0.2, 0.25) is 0 Å². The van der Waals surface area contributed by atoms with E-state index in [-0.39, 0.29) is 0 Å². The summed E-state index contributed by atoms with van der Waals surface area (Å²) in [6, 6.07) is 0.564. The first-order valence-electron chi connectivity index (χ1n) is 4.89. The van der Waals surface area contributed by atoms with E-state index in [1.807, 2.05) is 0 Å². The zero-order valence-corrected chi connectivity index (χ0v) is 8.80. The Morgan fingerprint density at radius 2 is 1.92 bits per heavy atom. The molecular formula is C10H22N2. The molecule has 1 unspecified atom stereocenters. The zero-order chi connectivity index (χ0) is 9.35. The van der Waals surface area contributed by atoms with E-state index >= 15 is 0 Å². The van der Waals surface area contributed by atoms with Crippen molar-refractivity contribution in [2.45, 2.75) is 33.7 Å². The van der Waals surface area contributed by atoms with E-state index in [0.29, 0.717) is 11.5 Å². The summed E-state index contributed by atoms with van der Waals surface area (Å²) in [7, 11) is 0. The number of nitrogens with zero attached hydrogens (tertiary/aromatic N) is 1. The molecule has 0 radical (unpaired) electrons. The van der Waals surface area contributed by atoms with Crippen molar-refractivity contribution in [3.05, 3.63) is 0 Å². The number of nitrogens with two attached hydrogens (primary N) is 1. The van der Waals surface area contributed by atoms with Crippen molar-refractivity contribution in [3.63, 3.8) is 0 Å². The van der Waals surface area contributed by atoms with E-state index in [2.05, 4.69) is 32.6 Å². The van der Waals surface area contributed by atoms with Crippen LogP contribution >= 0.6 is 0 Å². The molecule has 0 aliphatic carbocycles. The highest BCUT2D eigenvalue weighted by Gasteiger charge is 2.35. The van der Waals surface area contributed by atoms with Gasteiger partial charge in [-0.05, 0) is 11.3 Å². The van der Waals surface area contributed by atoms with E-state index in [0.717, 1.165) is 12.5 Å². The Morgan fingerprint density at radius 3 is 2.17 bits per heavy atom. The lowest BCUT2D eigenvalue weighted by molar-refractivity contribution is 0.0136. The monoisotopic (exact) mass is 170 g/mol. The molecule has 1 aliphatic heterocycles. The van der Waals surface area contributed by atoms with Crippen molar-refractivity contribution in [1.29, 1.82) is 0 Å². The second-order valence-electron chi connectivity index (χ2n) is 5.18. The van der Waals surface area contributed by atoms with Gasteiger partial charge in [-0.25, -0.2) is 0 Å². The highest BCUT2D eigenvalue weighted by molar-refractivity contribution is 4.90. The van der Waals surface area contributed by atoms with Crippen molar-refractivity contribution in [3.8, 4) is 0 Å². The number of rotatable bonds is 2. The average Bonchev–Trinajstić information content (AvgIpc) is 1.82. The topological polar surface area (TPSA) is 29.3 Å². The van der Waals surface area contributed by atoms with Crippen LogP contribution in [0.1, 0.15) is 27.7 Å². The molecular weight excluding hydrogens is 148 g/mol. The standard InChI is InChI=1S/C10H22N2/c1-8-6-12(7-8)9(5-11)10(2,3)4/h8-9H,5-7,11H2,1-4H3. The molecule has 1 saturated heterocycles. The summed E-state index contributed by atoms with van der Waals surface area (Å²) in [6.45, 7) is 12.4. The van der Waals surface area contributed by atoms with Gasteiger partial charge in [0.25, 0.3) is 0 Å². The van der Waals surface area contributed by atoms with Crippen molar-refractivity contribution < 1.29 is 0 Å². The van der Waals surface area contributed by atoms with Crippen LogP contribution in [0.3, 0.4) is 0 Å². The Hall–Kier alpha value is -0.0800. The molecule has 0 aromatic carbocycles. The summed E-state index contributed by atoms with van der Waals surface area (Å²) in [4.78, 5) is 2.50. The molecule has 2 heteroatoms. The molecule has 2 nitrogen and oxygen atoms in total. The van der Waals surface area contributed by atoms with Crippen LogP contribution in [0.4, 0.5) is 0 Å². The second-order valence-corrected chi connectivity index (χ2v) is 5.18. The third-order valence-electron chi connectivity index (χ3n) is 2.76. The Kier molecular flexibility index (Phi) is 2.79. The van der Waals surface area contributed by atoms with Gasteiger partial charge in [0.1, 0.15) is 0 Å². The van der Waals surface area contributed by atoms with Crippen molar-refractivity contribution in [2.24, 2.45) is 17.1 Å². The van der Waals surface area contributed by atoms with Crippen LogP contribution in [-0.4, -0.2) is 30.6 Å². The van der Waals surface area contributed by atoms with Gasteiger partial charge in [0.15, 0.2) is 0 Å². The number of hydrogen-bond donors (Lipinski definition) is 1. The average molecular weight is 170 g/mol. The van der Waals surface area contributed by atoms with Crippen LogP contribution in [0.5, 0.6) is 0 Å². The van der Waals surface area contributed by atoms with Gasteiger partial charge in [-0.15, -0.1) is 0 Å². The van der Waals surface area contributed by atoms with Gasteiger partial charge in [-0.3, -0.25) is 4.90 Å². The van der Waals surface area contributed by atoms with Crippen LogP contribution in [0.15, 0.2) is 0 Å². The molecule has 1 aliphatic rings. The SMILES string of the molecule is CC1CN(C(CN)C(C)(C)C)C1.